The minimum Gasteiger partial charge on any atom is -0.481 e. The standard InChI is InChI=1S/C40H55NO10/c1-5-7-9-12-15-18-32(44)19-16-13-10-11-14-17-20-35(36(39(46)47)27-34(28-42)51-29-30(3)43)38(45)41-37(40(48)49-4)26-31-21-23-33(24-22-31)50-25-8-6-2/h17,20-24,35-37H,5,7,9-16,18-19,25-27,29H2,1-4H3,(H,41,45)(H,46,47)/b20-17+/t35-,36+,37?/m0/s1. The van der Waals surface area contributed by atoms with Gasteiger partial charge in [0.2, 0.25) is 5.91 Å². The first-order valence-corrected chi connectivity index (χ1v) is 17.8. The lowest BCUT2D eigenvalue weighted by molar-refractivity contribution is -0.148. The first-order chi connectivity index (χ1) is 24.6. The van der Waals surface area contributed by atoms with E-state index in [9.17, 15) is 33.9 Å². The van der Waals surface area contributed by atoms with Crippen LogP contribution in [0.5, 0.6) is 5.75 Å². The molecular weight excluding hydrogens is 654 g/mol. The van der Waals surface area contributed by atoms with E-state index < -0.39 is 54.5 Å². The Morgan fingerprint density at radius 1 is 0.941 bits per heavy atom. The van der Waals surface area contributed by atoms with Gasteiger partial charge in [0.25, 0.3) is 0 Å². The van der Waals surface area contributed by atoms with Gasteiger partial charge in [0, 0.05) is 25.7 Å². The summed E-state index contributed by atoms with van der Waals surface area (Å²) in [5.41, 5.74) is 0.680. The van der Waals surface area contributed by atoms with Crippen molar-refractivity contribution in [1.82, 2.24) is 5.32 Å². The van der Waals surface area contributed by atoms with Crippen LogP contribution < -0.4 is 10.1 Å². The lowest BCUT2D eigenvalue weighted by atomic mass is 9.87. The Bertz CT molecular complexity index is 1380. The normalized spacial score (nSPS) is 12.4. The molecule has 280 valence electrons. The Morgan fingerprint density at radius 2 is 1.59 bits per heavy atom. The van der Waals surface area contributed by atoms with Crippen molar-refractivity contribution in [3.8, 4) is 17.6 Å². The molecule has 0 aliphatic rings. The zero-order valence-corrected chi connectivity index (χ0v) is 30.6. The molecule has 11 nitrogen and oxygen atoms in total. The van der Waals surface area contributed by atoms with Crippen LogP contribution in [0, 0.1) is 23.7 Å². The molecule has 0 aromatic heterocycles. The molecule has 2 N–H and O–H groups in total. The Labute approximate surface area is 302 Å². The fourth-order valence-corrected chi connectivity index (χ4v) is 5.27. The number of carbonyl (C=O) groups excluding carboxylic acids is 5. The first-order valence-electron chi connectivity index (χ1n) is 17.8. The van der Waals surface area contributed by atoms with Crippen LogP contribution in [0.25, 0.3) is 0 Å². The smallest absolute Gasteiger partial charge is 0.328 e. The molecule has 0 bridgehead atoms. The van der Waals surface area contributed by atoms with E-state index in [2.05, 4.69) is 24.1 Å². The van der Waals surface area contributed by atoms with Gasteiger partial charge in [-0.2, -0.15) is 0 Å². The summed E-state index contributed by atoms with van der Waals surface area (Å²) in [6.07, 6.45) is 13.3. The molecule has 1 unspecified atom stereocenters. The van der Waals surface area contributed by atoms with Gasteiger partial charge in [0.1, 0.15) is 30.8 Å². The molecule has 11 heteroatoms. The van der Waals surface area contributed by atoms with Crippen molar-refractivity contribution in [2.75, 3.05) is 20.3 Å². The number of benzene rings is 1. The van der Waals surface area contributed by atoms with Gasteiger partial charge >= 0.3 is 11.9 Å². The van der Waals surface area contributed by atoms with Crippen LogP contribution in [-0.4, -0.2) is 66.8 Å². The van der Waals surface area contributed by atoms with E-state index in [4.69, 9.17) is 14.2 Å². The van der Waals surface area contributed by atoms with Gasteiger partial charge in [-0.15, -0.1) is 5.92 Å². The van der Waals surface area contributed by atoms with Gasteiger partial charge in [-0.1, -0.05) is 75.7 Å². The number of methoxy groups -OCH3 is 1. The van der Waals surface area contributed by atoms with Crippen LogP contribution in [0.1, 0.15) is 110 Å². The maximum atomic E-state index is 13.7. The summed E-state index contributed by atoms with van der Waals surface area (Å²) in [5, 5.41) is 12.8. The molecule has 1 aromatic rings. The highest BCUT2D eigenvalue weighted by atomic mass is 16.5. The van der Waals surface area contributed by atoms with E-state index in [0.717, 1.165) is 38.5 Å². The van der Waals surface area contributed by atoms with Crippen molar-refractivity contribution in [2.45, 2.75) is 117 Å². The van der Waals surface area contributed by atoms with Gasteiger partial charge in [0.05, 0.1) is 18.9 Å². The van der Waals surface area contributed by atoms with E-state index in [1.165, 1.54) is 45.3 Å². The van der Waals surface area contributed by atoms with Gasteiger partial charge in [0.15, 0.2) is 17.5 Å². The second-order valence-electron chi connectivity index (χ2n) is 12.4. The van der Waals surface area contributed by atoms with Crippen molar-refractivity contribution in [2.24, 2.45) is 11.8 Å². The third-order valence-corrected chi connectivity index (χ3v) is 8.15. The number of allylic oxidation sites excluding steroid dienone is 2. The number of carbonyl (C=O) groups is 5. The van der Waals surface area contributed by atoms with E-state index in [-0.39, 0.29) is 18.8 Å². The van der Waals surface area contributed by atoms with Crippen molar-refractivity contribution in [3.05, 3.63) is 47.7 Å². The van der Waals surface area contributed by atoms with Crippen LogP contribution in [-0.2, 0) is 44.7 Å². The number of rotatable bonds is 28. The number of Topliss-reactive ketones (excluding diaryl/α,β-unsaturated/α-hetero) is 2. The first kappa shape index (κ1) is 44.3. The van der Waals surface area contributed by atoms with Gasteiger partial charge in [-0.25, -0.2) is 9.59 Å². The van der Waals surface area contributed by atoms with Gasteiger partial charge in [-0.05, 0) is 57.2 Å². The molecule has 0 aliphatic carbocycles. The number of unbranched alkanes of at least 4 members (excludes halogenated alkanes) is 8. The molecule has 0 radical (unpaired) electrons. The highest BCUT2D eigenvalue weighted by molar-refractivity contribution is 5.90. The molecule has 1 rings (SSSR count). The van der Waals surface area contributed by atoms with Crippen molar-refractivity contribution >= 4 is 35.4 Å². The highest BCUT2D eigenvalue weighted by Gasteiger charge is 2.35. The zero-order valence-electron chi connectivity index (χ0n) is 30.6. The van der Waals surface area contributed by atoms with Gasteiger partial charge in [-0.3, -0.25) is 19.2 Å². The number of ether oxygens (including phenoxy) is 3. The Morgan fingerprint density at radius 3 is 2.16 bits per heavy atom. The number of hydrogen-bond acceptors (Lipinski definition) is 9. The Hall–Kier alpha value is -4.68. The molecule has 1 amide bonds. The van der Waals surface area contributed by atoms with E-state index in [0.29, 0.717) is 36.4 Å². The monoisotopic (exact) mass is 709 g/mol. The molecule has 0 fully saturated rings. The molecule has 0 heterocycles. The molecule has 0 spiro atoms. The fraction of sp³-hybridized carbons (Fsp3) is 0.575. The predicted octanol–water partition coefficient (Wildman–Crippen LogP) is 6.14. The number of amides is 1. The zero-order chi connectivity index (χ0) is 37.9. The van der Waals surface area contributed by atoms with Crippen LogP contribution in [0.15, 0.2) is 42.2 Å². The fourth-order valence-electron chi connectivity index (χ4n) is 5.27. The summed E-state index contributed by atoms with van der Waals surface area (Å²) < 4.78 is 15.6. The topological polar surface area (TPSA) is 162 Å². The maximum Gasteiger partial charge on any atom is 0.328 e. The molecular formula is C40H55NO10. The number of hydrogen-bond donors (Lipinski definition) is 2. The van der Waals surface area contributed by atoms with E-state index >= 15 is 0 Å². The van der Waals surface area contributed by atoms with Crippen LogP contribution in [0.3, 0.4) is 0 Å². The highest BCUT2D eigenvalue weighted by Crippen LogP contribution is 2.24. The van der Waals surface area contributed by atoms with Crippen LogP contribution in [0.4, 0.5) is 0 Å². The lowest BCUT2D eigenvalue weighted by Crippen LogP contribution is -2.47. The Kier molecular flexibility index (Phi) is 23.6. The average molecular weight is 710 g/mol. The molecule has 0 saturated carbocycles. The van der Waals surface area contributed by atoms with E-state index in [1.807, 2.05) is 0 Å². The molecule has 0 saturated heterocycles. The maximum absolute atomic E-state index is 13.7. The molecule has 1 aromatic carbocycles. The third kappa shape index (κ3) is 19.9. The number of aliphatic carboxylic acids is 1. The predicted molar refractivity (Wildman–Crippen MR) is 193 cm³/mol. The second kappa shape index (κ2) is 27.1. The second-order valence-corrected chi connectivity index (χ2v) is 12.4. The van der Waals surface area contributed by atoms with E-state index in [1.54, 1.807) is 37.3 Å². The minimum atomic E-state index is -1.47. The third-order valence-electron chi connectivity index (χ3n) is 8.15. The average Bonchev–Trinajstić information content (AvgIpc) is 3.11. The number of nitrogens with one attached hydrogen (secondary N) is 1. The summed E-state index contributed by atoms with van der Waals surface area (Å²) in [5.74, 6) is 1.49. The summed E-state index contributed by atoms with van der Waals surface area (Å²) in [7, 11) is 1.18. The summed E-state index contributed by atoms with van der Waals surface area (Å²) in [4.78, 5) is 74.1. The summed E-state index contributed by atoms with van der Waals surface area (Å²) in [6, 6.07) is 5.71. The SMILES string of the molecule is CC#CCOc1ccc(CC(NC(=O)[C@@H](/C=C/CCCCCCC(=O)CCCCCCC)[C@@H](CC(=C=O)OCC(C)=O)C(=O)O)C(=O)OC)cc1. The minimum absolute atomic E-state index is 0.0458. The van der Waals surface area contributed by atoms with Crippen molar-refractivity contribution < 1.29 is 48.1 Å². The molecule has 0 aliphatic heterocycles. The number of ketones is 2. The quantitative estimate of drug-likeness (QED) is 0.0258. The summed E-state index contributed by atoms with van der Waals surface area (Å²) in [6.45, 7) is 4.89. The Balaban J connectivity index is 3.01. The van der Waals surface area contributed by atoms with Crippen molar-refractivity contribution in [1.29, 1.82) is 0 Å². The number of carboxylic acids is 1. The van der Waals surface area contributed by atoms with Crippen LogP contribution in [0.2, 0.25) is 0 Å². The number of esters is 1. The van der Waals surface area contributed by atoms with Crippen LogP contribution >= 0.6 is 0 Å². The largest absolute Gasteiger partial charge is 0.481 e. The molecule has 3 atom stereocenters. The number of carboxylic acid groups (broad SMARTS) is 1. The van der Waals surface area contributed by atoms with Gasteiger partial charge < -0.3 is 24.6 Å². The van der Waals surface area contributed by atoms with Crippen molar-refractivity contribution in [3.63, 3.8) is 0 Å². The summed E-state index contributed by atoms with van der Waals surface area (Å²) >= 11 is 0. The molecule has 51 heavy (non-hydrogen) atoms. The lowest BCUT2D eigenvalue weighted by Gasteiger charge is -2.24.